The van der Waals surface area contributed by atoms with E-state index in [2.05, 4.69) is 19.2 Å². The van der Waals surface area contributed by atoms with Crippen LogP contribution >= 0.6 is 0 Å². The lowest BCUT2D eigenvalue weighted by atomic mass is 9.80. The Bertz CT molecular complexity index is 243. The third-order valence-electron chi connectivity index (χ3n) is 3.37. The van der Waals surface area contributed by atoms with E-state index in [1.165, 1.54) is 13.3 Å². The zero-order valence-corrected chi connectivity index (χ0v) is 10.4. The molecule has 0 aromatic heterocycles. The molecular formula is C12H23NO3. The molecule has 0 spiro atoms. The van der Waals surface area contributed by atoms with E-state index < -0.39 is 11.6 Å². The molecule has 94 valence electrons. The third kappa shape index (κ3) is 3.76. The predicted octanol–water partition coefficient (Wildman–Crippen LogP) is 1.24. The Morgan fingerprint density at radius 1 is 1.31 bits per heavy atom. The largest absolute Gasteiger partial charge is 0.479 e. The van der Waals surface area contributed by atoms with Crippen LogP contribution in [0.15, 0.2) is 0 Å². The molecule has 0 amide bonds. The average molecular weight is 229 g/mol. The smallest absolute Gasteiger partial charge is 0.336 e. The second kappa shape index (κ2) is 5.15. The molecule has 0 aliphatic heterocycles. The number of hydrogen-bond donors (Lipinski definition) is 3. The fourth-order valence-corrected chi connectivity index (χ4v) is 2.53. The highest BCUT2D eigenvalue weighted by Crippen LogP contribution is 2.28. The van der Waals surface area contributed by atoms with Crippen LogP contribution in [0, 0.1) is 11.8 Å². The molecule has 0 saturated heterocycles. The van der Waals surface area contributed by atoms with Crippen LogP contribution in [0.25, 0.3) is 0 Å². The van der Waals surface area contributed by atoms with Crippen molar-refractivity contribution in [2.45, 2.75) is 51.7 Å². The Hall–Kier alpha value is -0.610. The van der Waals surface area contributed by atoms with Gasteiger partial charge in [0.05, 0.1) is 0 Å². The van der Waals surface area contributed by atoms with Crippen LogP contribution in [-0.4, -0.2) is 34.4 Å². The number of aliphatic hydroxyl groups is 1. The lowest BCUT2D eigenvalue weighted by Crippen LogP contribution is -2.49. The standard InChI is InChI=1S/C12H23NO3/c1-8-4-9(2)6-10(5-8)13-7-12(3,16)11(14)15/h8-10,13,16H,4-7H2,1-3H3,(H,14,15). The van der Waals surface area contributed by atoms with Gasteiger partial charge in [0.1, 0.15) is 0 Å². The first-order valence-corrected chi connectivity index (χ1v) is 6.00. The highest BCUT2D eigenvalue weighted by Gasteiger charge is 2.32. The summed E-state index contributed by atoms with van der Waals surface area (Å²) in [6.45, 7) is 5.89. The van der Waals surface area contributed by atoms with E-state index >= 15 is 0 Å². The van der Waals surface area contributed by atoms with E-state index in [0.29, 0.717) is 17.9 Å². The highest BCUT2D eigenvalue weighted by molar-refractivity contribution is 5.76. The second-order valence-corrected chi connectivity index (χ2v) is 5.57. The molecule has 3 atom stereocenters. The molecule has 0 bridgehead atoms. The SMILES string of the molecule is CC1CC(C)CC(NCC(C)(O)C(=O)O)C1. The predicted molar refractivity (Wildman–Crippen MR) is 62.2 cm³/mol. The van der Waals surface area contributed by atoms with Crippen molar-refractivity contribution in [3.8, 4) is 0 Å². The van der Waals surface area contributed by atoms with Crippen LogP contribution in [-0.2, 0) is 4.79 Å². The van der Waals surface area contributed by atoms with Crippen molar-refractivity contribution in [3.05, 3.63) is 0 Å². The van der Waals surface area contributed by atoms with Gasteiger partial charge in [-0.05, 0) is 38.0 Å². The Balaban J connectivity index is 2.40. The fraction of sp³-hybridized carbons (Fsp3) is 0.917. The van der Waals surface area contributed by atoms with E-state index in [-0.39, 0.29) is 6.54 Å². The van der Waals surface area contributed by atoms with Crippen molar-refractivity contribution < 1.29 is 15.0 Å². The normalized spacial score (nSPS) is 34.4. The first-order valence-electron chi connectivity index (χ1n) is 6.00. The van der Waals surface area contributed by atoms with Crippen molar-refractivity contribution in [2.75, 3.05) is 6.54 Å². The van der Waals surface area contributed by atoms with Gasteiger partial charge in [-0.3, -0.25) is 0 Å². The summed E-state index contributed by atoms with van der Waals surface area (Å²) in [6, 6.07) is 0.338. The number of hydrogen-bond acceptors (Lipinski definition) is 3. The van der Waals surface area contributed by atoms with Crippen molar-refractivity contribution in [1.29, 1.82) is 0 Å². The van der Waals surface area contributed by atoms with Crippen molar-refractivity contribution >= 4 is 5.97 Å². The minimum atomic E-state index is -1.66. The summed E-state index contributed by atoms with van der Waals surface area (Å²) in [7, 11) is 0. The van der Waals surface area contributed by atoms with Crippen molar-refractivity contribution in [2.24, 2.45) is 11.8 Å². The summed E-state index contributed by atoms with van der Waals surface area (Å²) in [5, 5.41) is 21.6. The maximum atomic E-state index is 10.7. The lowest BCUT2D eigenvalue weighted by Gasteiger charge is -2.33. The van der Waals surface area contributed by atoms with Crippen LogP contribution in [0.1, 0.15) is 40.0 Å². The summed E-state index contributed by atoms with van der Waals surface area (Å²) in [6.07, 6.45) is 3.38. The molecule has 0 heterocycles. The van der Waals surface area contributed by atoms with Crippen LogP contribution in [0.2, 0.25) is 0 Å². The fourth-order valence-electron chi connectivity index (χ4n) is 2.53. The molecule has 4 nitrogen and oxygen atoms in total. The number of nitrogens with one attached hydrogen (secondary N) is 1. The number of carbonyl (C=O) groups is 1. The van der Waals surface area contributed by atoms with Crippen molar-refractivity contribution in [1.82, 2.24) is 5.32 Å². The summed E-state index contributed by atoms with van der Waals surface area (Å²) in [5.41, 5.74) is -1.66. The van der Waals surface area contributed by atoms with Crippen LogP contribution in [0.5, 0.6) is 0 Å². The first-order chi connectivity index (χ1) is 7.31. The molecule has 0 aromatic carbocycles. The molecule has 1 aliphatic carbocycles. The molecule has 1 rings (SSSR count). The van der Waals surface area contributed by atoms with E-state index in [9.17, 15) is 9.90 Å². The van der Waals surface area contributed by atoms with E-state index in [0.717, 1.165) is 12.8 Å². The molecule has 1 fully saturated rings. The summed E-state index contributed by atoms with van der Waals surface area (Å²) < 4.78 is 0. The monoisotopic (exact) mass is 229 g/mol. The third-order valence-corrected chi connectivity index (χ3v) is 3.37. The van der Waals surface area contributed by atoms with Crippen LogP contribution in [0.3, 0.4) is 0 Å². The van der Waals surface area contributed by atoms with Gasteiger partial charge in [0, 0.05) is 12.6 Å². The van der Waals surface area contributed by atoms with Crippen LogP contribution in [0.4, 0.5) is 0 Å². The molecule has 3 N–H and O–H groups in total. The number of carboxylic acid groups (broad SMARTS) is 1. The summed E-state index contributed by atoms with van der Waals surface area (Å²) >= 11 is 0. The van der Waals surface area contributed by atoms with Gasteiger partial charge in [-0.2, -0.15) is 0 Å². The van der Waals surface area contributed by atoms with Gasteiger partial charge >= 0.3 is 5.97 Å². The Labute approximate surface area is 97.0 Å². The quantitative estimate of drug-likeness (QED) is 0.678. The van der Waals surface area contributed by atoms with Crippen molar-refractivity contribution in [3.63, 3.8) is 0 Å². The molecule has 3 unspecified atom stereocenters. The number of aliphatic carboxylic acids is 1. The Morgan fingerprint density at radius 2 is 1.81 bits per heavy atom. The Morgan fingerprint density at radius 3 is 2.25 bits per heavy atom. The van der Waals surface area contributed by atoms with Gasteiger partial charge in [-0.15, -0.1) is 0 Å². The zero-order valence-electron chi connectivity index (χ0n) is 10.4. The van der Waals surface area contributed by atoms with Gasteiger partial charge in [-0.25, -0.2) is 4.79 Å². The summed E-state index contributed by atoms with van der Waals surface area (Å²) in [4.78, 5) is 10.7. The minimum absolute atomic E-state index is 0.118. The van der Waals surface area contributed by atoms with Gasteiger partial charge in [0.15, 0.2) is 5.60 Å². The van der Waals surface area contributed by atoms with E-state index in [1.54, 1.807) is 0 Å². The second-order valence-electron chi connectivity index (χ2n) is 5.57. The zero-order chi connectivity index (χ0) is 12.3. The van der Waals surface area contributed by atoms with E-state index in [4.69, 9.17) is 5.11 Å². The molecule has 1 saturated carbocycles. The first kappa shape index (κ1) is 13.5. The molecule has 4 heteroatoms. The molecule has 16 heavy (non-hydrogen) atoms. The maximum absolute atomic E-state index is 10.7. The minimum Gasteiger partial charge on any atom is -0.479 e. The molecule has 1 aliphatic rings. The number of rotatable bonds is 4. The lowest BCUT2D eigenvalue weighted by molar-refractivity contribution is -0.156. The topological polar surface area (TPSA) is 69.6 Å². The average Bonchev–Trinajstić information content (AvgIpc) is 2.13. The maximum Gasteiger partial charge on any atom is 0.336 e. The molecule has 0 aromatic rings. The van der Waals surface area contributed by atoms with Gasteiger partial charge in [-0.1, -0.05) is 13.8 Å². The molecular weight excluding hydrogens is 206 g/mol. The van der Waals surface area contributed by atoms with Gasteiger partial charge < -0.3 is 15.5 Å². The Kier molecular flexibility index (Phi) is 4.33. The highest BCUT2D eigenvalue weighted by atomic mass is 16.4. The molecule has 0 radical (unpaired) electrons. The summed E-state index contributed by atoms with van der Waals surface area (Å²) in [5.74, 6) is 0.184. The van der Waals surface area contributed by atoms with Crippen LogP contribution < -0.4 is 5.32 Å². The number of carboxylic acids is 1. The van der Waals surface area contributed by atoms with Gasteiger partial charge in [0.2, 0.25) is 0 Å². The van der Waals surface area contributed by atoms with E-state index in [1.807, 2.05) is 0 Å². The van der Waals surface area contributed by atoms with Gasteiger partial charge in [0.25, 0.3) is 0 Å².